The maximum absolute atomic E-state index is 6.01. The molecule has 4 nitrogen and oxygen atoms in total. The highest BCUT2D eigenvalue weighted by atomic mass is 127. The van der Waals surface area contributed by atoms with Gasteiger partial charge in [0.1, 0.15) is 0 Å². The largest absolute Gasteiger partial charge is 0.370 e. The van der Waals surface area contributed by atoms with Crippen LogP contribution in [-0.2, 0) is 19.4 Å². The summed E-state index contributed by atoms with van der Waals surface area (Å²) < 4.78 is 0. The molecule has 0 atom stereocenters. The highest BCUT2D eigenvalue weighted by molar-refractivity contribution is 14.0. The predicted octanol–water partition coefficient (Wildman–Crippen LogP) is 4.23. The maximum atomic E-state index is 6.01. The van der Waals surface area contributed by atoms with Crippen LogP contribution in [0.1, 0.15) is 30.0 Å². The summed E-state index contributed by atoms with van der Waals surface area (Å²) in [5.41, 5.74) is 11.0. The van der Waals surface area contributed by atoms with Gasteiger partial charge in [0.15, 0.2) is 5.96 Å². The van der Waals surface area contributed by atoms with Gasteiger partial charge in [0.2, 0.25) is 0 Å². The Bertz CT molecular complexity index is 718. The minimum absolute atomic E-state index is 0. The van der Waals surface area contributed by atoms with Crippen molar-refractivity contribution in [3.8, 4) is 0 Å². The zero-order valence-corrected chi connectivity index (χ0v) is 16.9. The van der Waals surface area contributed by atoms with Crippen molar-refractivity contribution in [3.05, 3.63) is 53.2 Å². The SMILES string of the molecule is CCSc1cc(CN=C(N)Nc2ccc3c(c2)CCC3)ccn1.I. The molecule has 3 N–H and O–H groups in total. The van der Waals surface area contributed by atoms with Crippen molar-refractivity contribution in [2.75, 3.05) is 11.1 Å². The molecule has 0 saturated carbocycles. The van der Waals surface area contributed by atoms with Gasteiger partial charge in [0, 0.05) is 11.9 Å². The highest BCUT2D eigenvalue weighted by Gasteiger charge is 2.10. The normalized spacial score (nSPS) is 13.3. The summed E-state index contributed by atoms with van der Waals surface area (Å²) in [4.78, 5) is 8.76. The van der Waals surface area contributed by atoms with Gasteiger partial charge in [0.05, 0.1) is 11.6 Å². The van der Waals surface area contributed by atoms with Crippen LogP contribution in [0.2, 0.25) is 0 Å². The van der Waals surface area contributed by atoms with Crippen molar-refractivity contribution in [2.24, 2.45) is 10.7 Å². The molecule has 0 saturated heterocycles. The molecule has 6 heteroatoms. The lowest BCUT2D eigenvalue weighted by atomic mass is 10.1. The number of guanidine groups is 1. The van der Waals surface area contributed by atoms with Crippen LogP contribution in [-0.4, -0.2) is 16.7 Å². The summed E-state index contributed by atoms with van der Waals surface area (Å²) in [5.74, 6) is 1.46. The third-order valence-corrected chi connectivity index (χ3v) is 4.70. The Hall–Kier alpha value is -1.28. The molecule has 3 rings (SSSR count). The summed E-state index contributed by atoms with van der Waals surface area (Å²) >= 11 is 1.73. The third-order valence-electron chi connectivity index (χ3n) is 3.89. The van der Waals surface area contributed by atoms with E-state index in [-0.39, 0.29) is 24.0 Å². The number of pyridine rings is 1. The van der Waals surface area contributed by atoms with Crippen molar-refractivity contribution < 1.29 is 0 Å². The lowest BCUT2D eigenvalue weighted by Gasteiger charge is -2.08. The standard InChI is InChI=1S/C18H22N4S.HI/c1-2-23-17-10-13(8-9-20-17)12-21-18(19)22-16-7-6-14-4-3-5-15(14)11-16;/h6-11H,2-5,12H2,1H3,(H3,19,21,22);1H. The number of nitrogens with two attached hydrogens (primary N) is 1. The average Bonchev–Trinajstić information content (AvgIpc) is 3.01. The molecular weight excluding hydrogens is 431 g/mol. The highest BCUT2D eigenvalue weighted by Crippen LogP contribution is 2.24. The quantitative estimate of drug-likeness (QED) is 0.307. The molecule has 0 radical (unpaired) electrons. The Balaban J connectivity index is 0.00000208. The van der Waals surface area contributed by atoms with Crippen LogP contribution in [0, 0.1) is 0 Å². The number of halogens is 1. The molecule has 1 aliphatic rings. The van der Waals surface area contributed by atoms with Gasteiger partial charge in [-0.3, -0.25) is 0 Å². The van der Waals surface area contributed by atoms with Crippen molar-refractivity contribution in [1.29, 1.82) is 0 Å². The Labute approximate surface area is 164 Å². The first-order valence-electron chi connectivity index (χ1n) is 8.01. The number of rotatable bonds is 5. The number of anilines is 1. The minimum Gasteiger partial charge on any atom is -0.370 e. The van der Waals surface area contributed by atoms with Gasteiger partial charge in [-0.05, 0) is 66.0 Å². The molecular formula is C18H23IN4S. The van der Waals surface area contributed by atoms with Gasteiger partial charge in [-0.2, -0.15) is 0 Å². The molecule has 1 aliphatic carbocycles. The van der Waals surface area contributed by atoms with E-state index in [2.05, 4.69) is 46.5 Å². The topological polar surface area (TPSA) is 63.3 Å². The molecule has 0 bridgehead atoms. The van der Waals surface area contributed by atoms with E-state index in [0.717, 1.165) is 28.5 Å². The molecule has 1 aromatic carbocycles. The van der Waals surface area contributed by atoms with Gasteiger partial charge in [-0.15, -0.1) is 35.7 Å². The van der Waals surface area contributed by atoms with Crippen molar-refractivity contribution in [2.45, 2.75) is 37.8 Å². The van der Waals surface area contributed by atoms with Crippen LogP contribution >= 0.6 is 35.7 Å². The number of nitrogens with zero attached hydrogens (tertiary/aromatic N) is 2. The van der Waals surface area contributed by atoms with E-state index in [1.165, 1.54) is 24.0 Å². The molecule has 1 heterocycles. The van der Waals surface area contributed by atoms with Crippen LogP contribution < -0.4 is 11.1 Å². The number of aromatic nitrogens is 1. The number of aryl methyl sites for hydroxylation is 2. The number of hydrogen-bond donors (Lipinski definition) is 2. The summed E-state index contributed by atoms with van der Waals surface area (Å²) in [7, 11) is 0. The molecule has 0 amide bonds. The maximum Gasteiger partial charge on any atom is 0.193 e. The van der Waals surface area contributed by atoms with Crippen LogP contribution in [0.3, 0.4) is 0 Å². The fraction of sp³-hybridized carbons (Fsp3) is 0.333. The number of nitrogens with one attached hydrogen (secondary N) is 1. The van der Waals surface area contributed by atoms with E-state index >= 15 is 0 Å². The first kappa shape index (κ1) is 19.1. The Morgan fingerprint density at radius 3 is 2.92 bits per heavy atom. The zero-order chi connectivity index (χ0) is 16.1. The van der Waals surface area contributed by atoms with Gasteiger partial charge in [-0.1, -0.05) is 13.0 Å². The summed E-state index contributed by atoms with van der Waals surface area (Å²) in [6.07, 6.45) is 5.44. The second-order valence-electron chi connectivity index (χ2n) is 5.60. The monoisotopic (exact) mass is 454 g/mol. The Morgan fingerprint density at radius 2 is 2.08 bits per heavy atom. The van der Waals surface area contributed by atoms with Gasteiger partial charge in [0.25, 0.3) is 0 Å². The number of thioether (sulfide) groups is 1. The molecule has 0 aliphatic heterocycles. The fourth-order valence-corrected chi connectivity index (χ4v) is 3.45. The second kappa shape index (κ2) is 9.27. The van der Waals surface area contributed by atoms with Crippen molar-refractivity contribution >= 4 is 47.4 Å². The van der Waals surface area contributed by atoms with E-state index < -0.39 is 0 Å². The smallest absolute Gasteiger partial charge is 0.193 e. The zero-order valence-electron chi connectivity index (χ0n) is 13.8. The van der Waals surface area contributed by atoms with E-state index in [1.807, 2.05) is 12.3 Å². The number of fused-ring (bicyclic) bond motifs is 1. The summed E-state index contributed by atoms with van der Waals surface area (Å²) in [6.45, 7) is 2.68. The van der Waals surface area contributed by atoms with Crippen LogP contribution in [0.25, 0.3) is 0 Å². The van der Waals surface area contributed by atoms with E-state index in [4.69, 9.17) is 5.73 Å². The van der Waals surface area contributed by atoms with Crippen LogP contribution in [0.15, 0.2) is 46.5 Å². The fourth-order valence-electron chi connectivity index (χ4n) is 2.79. The van der Waals surface area contributed by atoms with Gasteiger partial charge < -0.3 is 11.1 Å². The third kappa shape index (κ3) is 5.11. The number of benzene rings is 1. The van der Waals surface area contributed by atoms with Crippen molar-refractivity contribution in [1.82, 2.24) is 4.98 Å². The summed E-state index contributed by atoms with van der Waals surface area (Å²) in [5, 5.41) is 4.22. The van der Waals surface area contributed by atoms with Crippen LogP contribution in [0.4, 0.5) is 5.69 Å². The molecule has 0 spiro atoms. The first-order chi connectivity index (χ1) is 11.2. The van der Waals surface area contributed by atoms with E-state index in [1.54, 1.807) is 11.8 Å². The Morgan fingerprint density at radius 1 is 1.25 bits per heavy atom. The number of aliphatic imine (C=N–C) groups is 1. The van der Waals surface area contributed by atoms with Gasteiger partial charge in [-0.25, -0.2) is 9.98 Å². The van der Waals surface area contributed by atoms with Gasteiger partial charge >= 0.3 is 0 Å². The lowest BCUT2D eigenvalue weighted by Crippen LogP contribution is -2.22. The lowest BCUT2D eigenvalue weighted by molar-refractivity contribution is 0.912. The number of hydrogen-bond acceptors (Lipinski definition) is 3. The van der Waals surface area contributed by atoms with E-state index in [0.29, 0.717) is 12.5 Å². The summed E-state index contributed by atoms with van der Waals surface area (Å²) in [6, 6.07) is 10.5. The van der Waals surface area contributed by atoms with Crippen LogP contribution in [0.5, 0.6) is 0 Å². The van der Waals surface area contributed by atoms with E-state index in [9.17, 15) is 0 Å². The molecule has 0 unspecified atom stereocenters. The molecule has 1 aromatic heterocycles. The minimum atomic E-state index is 0. The second-order valence-corrected chi connectivity index (χ2v) is 6.88. The predicted molar refractivity (Wildman–Crippen MR) is 113 cm³/mol. The van der Waals surface area contributed by atoms with Crippen molar-refractivity contribution in [3.63, 3.8) is 0 Å². The molecule has 2 aromatic rings. The average molecular weight is 454 g/mol. The Kier molecular flexibility index (Phi) is 7.36. The molecule has 128 valence electrons. The molecule has 0 fully saturated rings. The molecule has 24 heavy (non-hydrogen) atoms. The first-order valence-corrected chi connectivity index (χ1v) is 8.99.